The molecule has 3 fully saturated rings. The molecule has 0 spiro atoms. The Bertz CT molecular complexity index is 871. The van der Waals surface area contributed by atoms with Crippen molar-refractivity contribution in [2.24, 2.45) is 0 Å². The summed E-state index contributed by atoms with van der Waals surface area (Å²) in [6.07, 6.45) is -1.92. The lowest BCUT2D eigenvalue weighted by atomic mass is 10.00. The quantitative estimate of drug-likeness (QED) is 0.847. The van der Waals surface area contributed by atoms with Crippen LogP contribution < -0.4 is 0 Å². The number of halogens is 3. The molecule has 1 atom stereocenters. The van der Waals surface area contributed by atoms with Gasteiger partial charge in [-0.25, -0.2) is 4.79 Å². The molecule has 0 unspecified atom stereocenters. The average molecular weight is 397 g/mol. The standard InChI is InChI=1S/C16H18F3N7O2/c17-16(18,19)15(2-3-15)13-21-12(23-28-13)10-7-26(8-10)14(27)25-4-1-9(6-25)11-5-20-24-22-11/h5,9-10H,1-4,6-8H2,(H,20,22,24)/t9-/m0/s1. The molecule has 0 bridgehead atoms. The Morgan fingerprint density at radius 3 is 2.61 bits per heavy atom. The molecule has 2 saturated heterocycles. The van der Waals surface area contributed by atoms with E-state index >= 15 is 0 Å². The van der Waals surface area contributed by atoms with Gasteiger partial charge in [0.25, 0.3) is 0 Å². The highest BCUT2D eigenvalue weighted by Gasteiger charge is 2.68. The molecule has 150 valence electrons. The number of aromatic amines is 1. The van der Waals surface area contributed by atoms with Gasteiger partial charge < -0.3 is 14.3 Å². The Labute approximate surface area is 157 Å². The molecular weight excluding hydrogens is 379 g/mol. The molecular formula is C16H18F3N7O2. The molecule has 2 aromatic heterocycles. The highest BCUT2D eigenvalue weighted by Crippen LogP contribution is 2.58. The summed E-state index contributed by atoms with van der Waals surface area (Å²) in [5.74, 6) is -0.110. The van der Waals surface area contributed by atoms with Crippen LogP contribution in [0.2, 0.25) is 0 Å². The van der Waals surface area contributed by atoms with Gasteiger partial charge in [0.15, 0.2) is 5.82 Å². The van der Waals surface area contributed by atoms with Crippen LogP contribution in [0.4, 0.5) is 18.0 Å². The van der Waals surface area contributed by atoms with E-state index in [1.54, 1.807) is 16.0 Å². The zero-order valence-corrected chi connectivity index (χ0v) is 14.8. The Morgan fingerprint density at radius 1 is 1.21 bits per heavy atom. The second-order valence-electron chi connectivity index (χ2n) is 7.77. The number of hydrogen-bond acceptors (Lipinski definition) is 6. The van der Waals surface area contributed by atoms with Crippen molar-refractivity contribution < 1.29 is 22.5 Å². The van der Waals surface area contributed by atoms with E-state index in [1.165, 1.54) is 0 Å². The Hall–Kier alpha value is -2.66. The van der Waals surface area contributed by atoms with E-state index in [9.17, 15) is 18.0 Å². The zero-order chi connectivity index (χ0) is 19.5. The Balaban J connectivity index is 1.18. The predicted octanol–water partition coefficient (Wildman–Crippen LogP) is 1.79. The van der Waals surface area contributed by atoms with Crippen LogP contribution in [-0.4, -0.2) is 73.7 Å². The van der Waals surface area contributed by atoms with Gasteiger partial charge in [0.1, 0.15) is 5.41 Å². The van der Waals surface area contributed by atoms with Crippen molar-refractivity contribution >= 4 is 6.03 Å². The van der Waals surface area contributed by atoms with Crippen LogP contribution in [0, 0.1) is 0 Å². The van der Waals surface area contributed by atoms with Gasteiger partial charge in [-0.2, -0.15) is 18.2 Å². The van der Waals surface area contributed by atoms with Crippen LogP contribution >= 0.6 is 0 Å². The first kappa shape index (κ1) is 17.4. The number of nitrogens with one attached hydrogen (secondary N) is 1. The predicted molar refractivity (Wildman–Crippen MR) is 86.3 cm³/mol. The fourth-order valence-electron chi connectivity index (χ4n) is 3.93. The van der Waals surface area contributed by atoms with Crippen LogP contribution in [0.25, 0.3) is 0 Å². The van der Waals surface area contributed by atoms with Crippen molar-refractivity contribution in [2.45, 2.75) is 42.7 Å². The lowest BCUT2D eigenvalue weighted by Gasteiger charge is -2.39. The fourth-order valence-corrected chi connectivity index (χ4v) is 3.93. The maximum atomic E-state index is 13.2. The summed E-state index contributed by atoms with van der Waals surface area (Å²) in [6.45, 7) is 1.99. The number of amides is 2. The first-order valence-electron chi connectivity index (χ1n) is 9.18. The number of rotatable bonds is 3. The molecule has 1 N–H and O–H groups in total. The summed E-state index contributed by atoms with van der Waals surface area (Å²) >= 11 is 0. The topological polar surface area (TPSA) is 104 Å². The number of urea groups is 1. The highest BCUT2D eigenvalue weighted by molar-refractivity contribution is 5.76. The first-order chi connectivity index (χ1) is 13.4. The van der Waals surface area contributed by atoms with Crippen LogP contribution in [0.1, 0.15) is 48.5 Å². The van der Waals surface area contributed by atoms with E-state index in [0.717, 1.165) is 12.1 Å². The van der Waals surface area contributed by atoms with E-state index in [2.05, 4.69) is 25.6 Å². The van der Waals surface area contributed by atoms with Gasteiger partial charge >= 0.3 is 12.2 Å². The lowest BCUT2D eigenvalue weighted by Crippen LogP contribution is -2.53. The van der Waals surface area contributed by atoms with Gasteiger partial charge in [-0.3, -0.25) is 5.10 Å². The van der Waals surface area contributed by atoms with E-state index in [4.69, 9.17) is 4.52 Å². The smallest absolute Gasteiger partial charge is 0.338 e. The van der Waals surface area contributed by atoms with Gasteiger partial charge in [-0.05, 0) is 19.3 Å². The van der Waals surface area contributed by atoms with Gasteiger partial charge in [-0.15, -0.1) is 5.10 Å². The molecule has 12 heteroatoms. The monoisotopic (exact) mass is 397 g/mol. The van der Waals surface area contributed by atoms with Crippen molar-refractivity contribution in [3.05, 3.63) is 23.6 Å². The second-order valence-corrected chi connectivity index (χ2v) is 7.77. The minimum Gasteiger partial charge on any atom is -0.338 e. The first-order valence-corrected chi connectivity index (χ1v) is 9.18. The SMILES string of the molecule is O=C(N1CC(c2noc(C3(C(F)(F)F)CC3)n2)C1)N1CC[C@H](c2cnn[nH]2)C1. The van der Waals surface area contributed by atoms with E-state index in [1.807, 2.05) is 0 Å². The van der Waals surface area contributed by atoms with Crippen molar-refractivity contribution in [1.29, 1.82) is 0 Å². The van der Waals surface area contributed by atoms with Gasteiger partial charge in [0.05, 0.1) is 17.8 Å². The van der Waals surface area contributed by atoms with Crippen LogP contribution in [0.5, 0.6) is 0 Å². The second kappa shape index (κ2) is 5.92. The summed E-state index contributed by atoms with van der Waals surface area (Å²) in [5, 5.41) is 14.0. The van der Waals surface area contributed by atoms with Crippen LogP contribution in [0.3, 0.4) is 0 Å². The van der Waals surface area contributed by atoms with Crippen molar-refractivity contribution in [1.82, 2.24) is 35.4 Å². The summed E-state index contributed by atoms with van der Waals surface area (Å²) in [4.78, 5) is 20.1. The number of carbonyl (C=O) groups excluding carboxylic acids is 1. The van der Waals surface area contributed by atoms with E-state index < -0.39 is 11.6 Å². The average Bonchev–Trinajstić information content (AvgIpc) is 3.03. The largest absolute Gasteiger partial charge is 0.403 e. The maximum Gasteiger partial charge on any atom is 0.403 e. The molecule has 5 rings (SSSR count). The molecule has 2 aromatic rings. The molecule has 3 aliphatic rings. The number of H-pyrrole nitrogens is 1. The van der Waals surface area contributed by atoms with E-state index in [0.29, 0.717) is 26.2 Å². The van der Waals surface area contributed by atoms with Crippen LogP contribution in [0.15, 0.2) is 10.7 Å². The number of nitrogens with zero attached hydrogens (tertiary/aromatic N) is 6. The molecule has 2 aliphatic heterocycles. The van der Waals surface area contributed by atoms with Gasteiger partial charge in [0, 0.05) is 32.1 Å². The highest BCUT2D eigenvalue weighted by atomic mass is 19.4. The Kier molecular flexibility index (Phi) is 3.68. The summed E-state index contributed by atoms with van der Waals surface area (Å²) in [5.41, 5.74) is -1.06. The molecule has 0 aromatic carbocycles. The number of likely N-dealkylation sites (tertiary alicyclic amines) is 2. The third-order valence-corrected chi connectivity index (χ3v) is 5.99. The van der Waals surface area contributed by atoms with Gasteiger partial charge in [-0.1, -0.05) is 10.4 Å². The fraction of sp³-hybridized carbons (Fsp3) is 0.688. The molecule has 9 nitrogen and oxygen atoms in total. The van der Waals surface area contributed by atoms with E-state index in [-0.39, 0.29) is 42.4 Å². The maximum absolute atomic E-state index is 13.2. The minimum absolute atomic E-state index is 0.0185. The lowest BCUT2D eigenvalue weighted by molar-refractivity contribution is -0.166. The molecule has 1 aliphatic carbocycles. The number of alkyl halides is 3. The van der Waals surface area contributed by atoms with Gasteiger partial charge in [0.2, 0.25) is 5.89 Å². The zero-order valence-electron chi connectivity index (χ0n) is 14.8. The van der Waals surface area contributed by atoms with Crippen LogP contribution in [-0.2, 0) is 5.41 Å². The molecule has 2 amide bonds. The number of hydrogen-bond donors (Lipinski definition) is 1. The number of aromatic nitrogens is 5. The third-order valence-electron chi connectivity index (χ3n) is 5.99. The minimum atomic E-state index is -4.38. The molecule has 0 radical (unpaired) electrons. The third kappa shape index (κ3) is 2.65. The molecule has 1 saturated carbocycles. The Morgan fingerprint density at radius 2 is 1.96 bits per heavy atom. The normalized spacial score (nSPS) is 24.5. The van der Waals surface area contributed by atoms with Crippen molar-refractivity contribution in [2.75, 3.05) is 26.2 Å². The number of carbonyl (C=O) groups is 1. The summed E-state index contributed by atoms with van der Waals surface area (Å²) < 4.78 is 44.4. The van der Waals surface area contributed by atoms with Crippen molar-refractivity contribution in [3.63, 3.8) is 0 Å². The van der Waals surface area contributed by atoms with Crippen molar-refractivity contribution in [3.8, 4) is 0 Å². The molecule has 28 heavy (non-hydrogen) atoms. The summed E-state index contributed by atoms with van der Waals surface area (Å²) in [7, 11) is 0. The molecule has 4 heterocycles. The summed E-state index contributed by atoms with van der Waals surface area (Å²) in [6, 6.07) is -0.0797.